The second-order valence-electron chi connectivity index (χ2n) is 5.29. The number of esters is 1. The van der Waals surface area contributed by atoms with Crippen LogP contribution in [0, 0.1) is 31.1 Å². The highest BCUT2D eigenvalue weighted by Gasteiger charge is 2.31. The summed E-state index contributed by atoms with van der Waals surface area (Å²) in [5.74, 6) is 0.428. The molecule has 0 radical (unpaired) electrons. The molecule has 1 aliphatic carbocycles. The quantitative estimate of drug-likeness (QED) is 0.855. The van der Waals surface area contributed by atoms with Crippen LogP contribution >= 0.6 is 0 Å². The van der Waals surface area contributed by atoms with E-state index >= 15 is 0 Å². The molecule has 20 heavy (non-hydrogen) atoms. The van der Waals surface area contributed by atoms with Gasteiger partial charge >= 0.3 is 5.97 Å². The summed E-state index contributed by atoms with van der Waals surface area (Å²) in [5.41, 5.74) is 2.38. The van der Waals surface area contributed by atoms with Crippen LogP contribution in [0.4, 0.5) is 5.82 Å². The predicted octanol–water partition coefficient (Wildman–Crippen LogP) is 2.32. The topological polar surface area (TPSA) is 75.0 Å². The summed E-state index contributed by atoms with van der Waals surface area (Å²) in [4.78, 5) is 15.9. The number of ether oxygens (including phenoxy) is 1. The lowest BCUT2D eigenvalue weighted by Crippen LogP contribution is -2.20. The Hall–Kier alpha value is -2.09. The number of methoxy groups -OCH3 is 1. The minimum atomic E-state index is -0.150. The maximum Gasteiger partial charge on any atom is 0.308 e. The molecule has 1 heterocycles. The summed E-state index contributed by atoms with van der Waals surface area (Å²) in [7, 11) is 1.42. The average molecular weight is 273 g/mol. The van der Waals surface area contributed by atoms with E-state index in [-0.39, 0.29) is 17.9 Å². The van der Waals surface area contributed by atoms with Crippen LogP contribution in [0.2, 0.25) is 0 Å². The third kappa shape index (κ3) is 2.90. The molecule has 0 aromatic carbocycles. The zero-order chi connectivity index (χ0) is 14.7. The lowest BCUT2D eigenvalue weighted by atomic mass is 10.1. The van der Waals surface area contributed by atoms with Crippen molar-refractivity contribution in [3.63, 3.8) is 0 Å². The Kier molecular flexibility index (Phi) is 4.23. The molecule has 2 atom stereocenters. The van der Waals surface area contributed by atoms with Crippen LogP contribution < -0.4 is 5.32 Å². The molecule has 0 spiro atoms. The molecular formula is C15H19N3O2. The number of hydrogen-bond acceptors (Lipinski definition) is 5. The van der Waals surface area contributed by atoms with E-state index < -0.39 is 0 Å². The molecular weight excluding hydrogens is 254 g/mol. The molecule has 5 heteroatoms. The van der Waals surface area contributed by atoms with Crippen molar-refractivity contribution in [3.05, 3.63) is 22.9 Å². The third-order valence-corrected chi connectivity index (χ3v) is 3.76. The lowest BCUT2D eigenvalue weighted by molar-refractivity contribution is -0.145. The second-order valence-corrected chi connectivity index (χ2v) is 5.29. The fourth-order valence-corrected chi connectivity index (χ4v) is 2.77. The molecule has 106 valence electrons. The normalized spacial score (nSPS) is 21.3. The van der Waals surface area contributed by atoms with Crippen molar-refractivity contribution < 1.29 is 9.53 Å². The van der Waals surface area contributed by atoms with Crippen LogP contribution in [0.3, 0.4) is 0 Å². The fraction of sp³-hybridized carbons (Fsp3) is 0.533. The van der Waals surface area contributed by atoms with Crippen molar-refractivity contribution in [2.24, 2.45) is 5.92 Å². The van der Waals surface area contributed by atoms with Crippen LogP contribution in [-0.2, 0) is 9.53 Å². The van der Waals surface area contributed by atoms with Crippen molar-refractivity contribution in [1.29, 1.82) is 5.26 Å². The number of carbonyl (C=O) groups excluding carboxylic acids is 1. The Bertz CT molecular complexity index is 563. The van der Waals surface area contributed by atoms with E-state index in [0.717, 1.165) is 30.5 Å². The summed E-state index contributed by atoms with van der Waals surface area (Å²) < 4.78 is 4.78. The molecule has 1 aliphatic rings. The Morgan fingerprint density at radius 3 is 2.90 bits per heavy atom. The van der Waals surface area contributed by atoms with Gasteiger partial charge in [-0.15, -0.1) is 0 Å². The van der Waals surface area contributed by atoms with Crippen LogP contribution in [0.25, 0.3) is 0 Å². The third-order valence-electron chi connectivity index (χ3n) is 3.76. The molecule has 0 bridgehead atoms. The summed E-state index contributed by atoms with van der Waals surface area (Å²) in [5, 5.41) is 12.5. The van der Waals surface area contributed by atoms with Crippen molar-refractivity contribution >= 4 is 11.8 Å². The largest absolute Gasteiger partial charge is 0.469 e. The van der Waals surface area contributed by atoms with E-state index in [2.05, 4.69) is 16.4 Å². The molecule has 1 aromatic rings. The Labute approximate surface area is 119 Å². The van der Waals surface area contributed by atoms with E-state index in [1.165, 1.54) is 7.11 Å². The molecule has 1 saturated carbocycles. The van der Waals surface area contributed by atoms with Gasteiger partial charge in [-0.1, -0.05) is 0 Å². The van der Waals surface area contributed by atoms with Gasteiger partial charge in [-0.25, -0.2) is 4.98 Å². The highest BCUT2D eigenvalue weighted by molar-refractivity contribution is 5.72. The van der Waals surface area contributed by atoms with Crippen molar-refractivity contribution in [1.82, 2.24) is 4.98 Å². The molecule has 1 fully saturated rings. The van der Waals surface area contributed by atoms with Gasteiger partial charge in [0.15, 0.2) is 0 Å². The SMILES string of the molecule is COC(=O)[C@H]1CC[C@@H](Nc2nc(C)cc(C)c2C#N)C1. The highest BCUT2D eigenvalue weighted by atomic mass is 16.5. The molecule has 0 aliphatic heterocycles. The van der Waals surface area contributed by atoms with Crippen LogP contribution in [-0.4, -0.2) is 24.1 Å². The standard InChI is InChI=1S/C15H19N3O2/c1-9-6-10(2)17-14(13(9)8-16)18-12-5-4-11(7-12)15(19)20-3/h6,11-12H,4-5,7H2,1-3H3,(H,17,18)/t11-,12+/m0/s1. The second kappa shape index (κ2) is 5.91. The Morgan fingerprint density at radius 2 is 2.25 bits per heavy atom. The molecule has 0 unspecified atom stereocenters. The lowest BCUT2D eigenvalue weighted by Gasteiger charge is -2.16. The van der Waals surface area contributed by atoms with Gasteiger partial charge in [-0.05, 0) is 44.7 Å². The number of nitriles is 1. The first-order chi connectivity index (χ1) is 9.55. The predicted molar refractivity (Wildman–Crippen MR) is 75.2 cm³/mol. The van der Waals surface area contributed by atoms with Gasteiger partial charge < -0.3 is 10.1 Å². The number of aromatic nitrogens is 1. The Morgan fingerprint density at radius 1 is 1.50 bits per heavy atom. The van der Waals surface area contributed by atoms with Crippen LogP contribution in [0.5, 0.6) is 0 Å². The summed E-state index contributed by atoms with van der Waals surface area (Å²) in [6, 6.07) is 4.26. The fourth-order valence-electron chi connectivity index (χ4n) is 2.77. The van der Waals surface area contributed by atoms with E-state index in [9.17, 15) is 10.1 Å². The number of pyridine rings is 1. The molecule has 5 nitrogen and oxygen atoms in total. The summed E-state index contributed by atoms with van der Waals surface area (Å²) >= 11 is 0. The zero-order valence-corrected chi connectivity index (χ0v) is 12.1. The summed E-state index contributed by atoms with van der Waals surface area (Å²) in [6.07, 6.45) is 2.43. The number of nitrogens with zero attached hydrogens (tertiary/aromatic N) is 2. The van der Waals surface area contributed by atoms with Crippen LogP contribution in [0.15, 0.2) is 6.07 Å². The van der Waals surface area contributed by atoms with Gasteiger partial charge in [-0.3, -0.25) is 4.79 Å². The molecule has 1 aromatic heterocycles. The number of nitrogens with one attached hydrogen (secondary N) is 1. The highest BCUT2D eigenvalue weighted by Crippen LogP contribution is 2.30. The Balaban J connectivity index is 2.12. The molecule has 2 rings (SSSR count). The minimum absolute atomic E-state index is 0.0473. The van der Waals surface area contributed by atoms with Gasteiger partial charge in [0.05, 0.1) is 18.6 Å². The maximum absolute atomic E-state index is 11.5. The van der Waals surface area contributed by atoms with Gasteiger partial charge in [0.2, 0.25) is 0 Å². The summed E-state index contributed by atoms with van der Waals surface area (Å²) in [6.45, 7) is 3.82. The van der Waals surface area contributed by atoms with Gasteiger partial charge in [-0.2, -0.15) is 5.26 Å². The van der Waals surface area contributed by atoms with Gasteiger partial charge in [0, 0.05) is 11.7 Å². The minimum Gasteiger partial charge on any atom is -0.469 e. The first-order valence-corrected chi connectivity index (χ1v) is 6.78. The number of hydrogen-bond donors (Lipinski definition) is 1. The van der Waals surface area contributed by atoms with Crippen LogP contribution in [0.1, 0.15) is 36.1 Å². The van der Waals surface area contributed by atoms with E-state index in [1.54, 1.807) is 0 Å². The molecule has 0 amide bonds. The first kappa shape index (κ1) is 14.3. The monoisotopic (exact) mass is 273 g/mol. The molecule has 0 saturated heterocycles. The van der Waals surface area contributed by atoms with E-state index in [0.29, 0.717) is 11.4 Å². The van der Waals surface area contributed by atoms with Crippen molar-refractivity contribution in [3.8, 4) is 6.07 Å². The van der Waals surface area contributed by atoms with Gasteiger partial charge in [0.1, 0.15) is 11.9 Å². The number of anilines is 1. The number of rotatable bonds is 3. The van der Waals surface area contributed by atoms with E-state index in [1.807, 2.05) is 19.9 Å². The van der Waals surface area contributed by atoms with Crippen molar-refractivity contribution in [2.75, 3.05) is 12.4 Å². The first-order valence-electron chi connectivity index (χ1n) is 6.78. The smallest absolute Gasteiger partial charge is 0.308 e. The number of carbonyl (C=O) groups is 1. The zero-order valence-electron chi connectivity index (χ0n) is 12.1. The van der Waals surface area contributed by atoms with E-state index in [4.69, 9.17) is 4.74 Å². The maximum atomic E-state index is 11.5. The average Bonchev–Trinajstić information content (AvgIpc) is 2.86. The number of aryl methyl sites for hydroxylation is 2. The van der Waals surface area contributed by atoms with Gasteiger partial charge in [0.25, 0.3) is 0 Å². The van der Waals surface area contributed by atoms with Crippen molar-refractivity contribution in [2.45, 2.75) is 39.2 Å². The molecule has 1 N–H and O–H groups in total.